The van der Waals surface area contributed by atoms with Crippen LogP contribution < -0.4 is 5.32 Å². The van der Waals surface area contributed by atoms with Crippen LogP contribution in [0.1, 0.15) is 72.0 Å². The van der Waals surface area contributed by atoms with E-state index in [4.69, 9.17) is 0 Å². The Hall–Kier alpha value is -0.910. The first-order chi connectivity index (χ1) is 12.7. The Balaban J connectivity index is 1.20. The third-order valence-electron chi connectivity index (χ3n) is 6.36. The Morgan fingerprint density at radius 1 is 1.23 bits per heavy atom. The summed E-state index contributed by atoms with van der Waals surface area (Å²) in [6.07, 6.45) is 9.24. The van der Waals surface area contributed by atoms with E-state index in [0.717, 1.165) is 49.4 Å². The summed E-state index contributed by atoms with van der Waals surface area (Å²) in [5, 5.41) is 3.14. The smallest absolute Gasteiger partial charge is 0.261 e. The standard InChI is InChI=1S/C21H33N3OS/c1-16-6-4-10-23(13-16)11-5-9-22-21(25)19-12-17-14-24(15-20(17)26-19)18-7-2-3-8-18/h12,16,18H,2-11,13-15H2,1H3,(H,22,25)/t16-/m0/s1. The number of carbonyl (C=O) groups excluding carboxylic acids is 1. The van der Waals surface area contributed by atoms with Gasteiger partial charge in [-0.25, -0.2) is 0 Å². The highest BCUT2D eigenvalue weighted by Crippen LogP contribution is 2.35. The van der Waals surface area contributed by atoms with E-state index in [1.807, 2.05) is 0 Å². The van der Waals surface area contributed by atoms with Crippen molar-refractivity contribution in [1.29, 1.82) is 0 Å². The molecule has 1 aliphatic carbocycles. The number of likely N-dealkylation sites (tertiary alicyclic amines) is 1. The van der Waals surface area contributed by atoms with Gasteiger partial charge in [0.1, 0.15) is 0 Å². The van der Waals surface area contributed by atoms with E-state index in [9.17, 15) is 4.79 Å². The molecule has 1 aromatic rings. The number of amides is 1. The van der Waals surface area contributed by atoms with Crippen molar-refractivity contribution in [2.75, 3.05) is 26.2 Å². The highest BCUT2D eigenvalue weighted by molar-refractivity contribution is 7.14. The minimum Gasteiger partial charge on any atom is -0.351 e. The Kier molecular flexibility index (Phi) is 5.97. The second kappa shape index (κ2) is 8.41. The molecule has 4 rings (SSSR count). The van der Waals surface area contributed by atoms with Gasteiger partial charge in [0, 0.05) is 37.1 Å². The number of carbonyl (C=O) groups is 1. The molecule has 0 spiro atoms. The third kappa shape index (κ3) is 4.32. The first-order valence-corrected chi connectivity index (χ1v) is 11.4. The lowest BCUT2D eigenvalue weighted by Gasteiger charge is -2.30. The van der Waals surface area contributed by atoms with Crippen molar-refractivity contribution < 1.29 is 4.79 Å². The second-order valence-electron chi connectivity index (χ2n) is 8.56. The van der Waals surface area contributed by atoms with Crippen molar-refractivity contribution in [2.45, 2.75) is 71.0 Å². The van der Waals surface area contributed by atoms with Gasteiger partial charge in [-0.05, 0) is 62.7 Å². The van der Waals surface area contributed by atoms with Crippen LogP contribution >= 0.6 is 11.3 Å². The van der Waals surface area contributed by atoms with Crippen LogP contribution in [0.3, 0.4) is 0 Å². The van der Waals surface area contributed by atoms with Gasteiger partial charge >= 0.3 is 0 Å². The molecule has 1 aromatic heterocycles. The first kappa shape index (κ1) is 18.5. The average Bonchev–Trinajstić information content (AvgIpc) is 3.33. The molecular weight excluding hydrogens is 342 g/mol. The SMILES string of the molecule is C[C@H]1CCCN(CCCNC(=O)c2cc3c(s2)CN(C2CCCC2)C3)C1. The van der Waals surface area contributed by atoms with Gasteiger partial charge in [0.05, 0.1) is 4.88 Å². The van der Waals surface area contributed by atoms with Crippen molar-refractivity contribution in [3.63, 3.8) is 0 Å². The maximum absolute atomic E-state index is 12.5. The highest BCUT2D eigenvalue weighted by atomic mass is 32.1. The normalized spacial score (nSPS) is 24.9. The van der Waals surface area contributed by atoms with Gasteiger partial charge in [-0.2, -0.15) is 0 Å². The zero-order valence-electron chi connectivity index (χ0n) is 16.1. The molecule has 4 nitrogen and oxygen atoms in total. The quantitative estimate of drug-likeness (QED) is 0.767. The molecule has 2 aliphatic heterocycles. The highest BCUT2D eigenvalue weighted by Gasteiger charge is 2.30. The van der Waals surface area contributed by atoms with Crippen LogP contribution in [0.25, 0.3) is 0 Å². The van der Waals surface area contributed by atoms with E-state index in [-0.39, 0.29) is 5.91 Å². The number of hydrogen-bond acceptors (Lipinski definition) is 4. The van der Waals surface area contributed by atoms with Gasteiger partial charge in [-0.15, -0.1) is 11.3 Å². The van der Waals surface area contributed by atoms with Crippen LogP contribution in [0.15, 0.2) is 6.07 Å². The van der Waals surface area contributed by atoms with Gasteiger partial charge < -0.3 is 10.2 Å². The molecule has 0 radical (unpaired) electrons. The molecule has 0 bridgehead atoms. The first-order valence-electron chi connectivity index (χ1n) is 10.6. The Morgan fingerprint density at radius 3 is 2.85 bits per heavy atom. The molecule has 1 saturated carbocycles. The average molecular weight is 376 g/mol. The summed E-state index contributed by atoms with van der Waals surface area (Å²) >= 11 is 1.71. The molecule has 3 heterocycles. The fourth-order valence-corrected chi connectivity index (χ4v) is 6.03. The lowest BCUT2D eigenvalue weighted by Crippen LogP contribution is -2.36. The number of hydrogen-bond donors (Lipinski definition) is 1. The van der Waals surface area contributed by atoms with E-state index in [0.29, 0.717) is 0 Å². The van der Waals surface area contributed by atoms with Crippen molar-refractivity contribution in [1.82, 2.24) is 15.1 Å². The van der Waals surface area contributed by atoms with E-state index in [2.05, 4.69) is 28.1 Å². The minimum absolute atomic E-state index is 0.129. The van der Waals surface area contributed by atoms with Gasteiger partial charge in [-0.1, -0.05) is 19.8 Å². The molecule has 1 atom stereocenters. The number of nitrogens with one attached hydrogen (secondary N) is 1. The number of piperidine rings is 1. The predicted octanol–water partition coefficient (Wildman–Crippen LogP) is 3.86. The molecule has 1 saturated heterocycles. The maximum Gasteiger partial charge on any atom is 0.261 e. The topological polar surface area (TPSA) is 35.6 Å². The van der Waals surface area contributed by atoms with E-state index >= 15 is 0 Å². The molecular formula is C21H33N3OS. The number of thiophene rings is 1. The largest absolute Gasteiger partial charge is 0.351 e. The van der Waals surface area contributed by atoms with Crippen molar-refractivity contribution in [3.05, 3.63) is 21.4 Å². The van der Waals surface area contributed by atoms with Gasteiger partial charge in [-0.3, -0.25) is 9.69 Å². The summed E-state index contributed by atoms with van der Waals surface area (Å²) < 4.78 is 0. The Bertz CT molecular complexity index is 599. The summed E-state index contributed by atoms with van der Waals surface area (Å²) in [5.74, 6) is 0.958. The molecule has 0 aromatic carbocycles. The number of fused-ring (bicyclic) bond motifs is 1. The monoisotopic (exact) mass is 375 g/mol. The van der Waals surface area contributed by atoms with Gasteiger partial charge in [0.2, 0.25) is 0 Å². The predicted molar refractivity (Wildman–Crippen MR) is 108 cm³/mol. The summed E-state index contributed by atoms with van der Waals surface area (Å²) in [6, 6.07) is 2.93. The second-order valence-corrected chi connectivity index (χ2v) is 9.70. The van der Waals surface area contributed by atoms with E-state index in [1.165, 1.54) is 62.1 Å². The summed E-state index contributed by atoms with van der Waals surface area (Å²) in [6.45, 7) is 8.82. The summed E-state index contributed by atoms with van der Waals surface area (Å²) in [7, 11) is 0. The van der Waals surface area contributed by atoms with Gasteiger partial charge in [0.25, 0.3) is 5.91 Å². The zero-order valence-corrected chi connectivity index (χ0v) is 17.0. The Morgan fingerprint density at radius 2 is 2.08 bits per heavy atom. The lowest BCUT2D eigenvalue weighted by molar-refractivity contribution is 0.0954. The zero-order chi connectivity index (χ0) is 17.9. The molecule has 5 heteroatoms. The minimum atomic E-state index is 0.129. The van der Waals surface area contributed by atoms with Crippen molar-refractivity contribution in [2.24, 2.45) is 5.92 Å². The third-order valence-corrected chi connectivity index (χ3v) is 7.52. The number of nitrogens with zero attached hydrogens (tertiary/aromatic N) is 2. The molecule has 3 aliphatic rings. The van der Waals surface area contributed by atoms with E-state index in [1.54, 1.807) is 11.3 Å². The molecule has 2 fully saturated rings. The molecule has 1 amide bonds. The summed E-state index contributed by atoms with van der Waals surface area (Å²) in [5.41, 5.74) is 1.40. The number of rotatable bonds is 6. The van der Waals surface area contributed by atoms with Gasteiger partial charge in [0.15, 0.2) is 0 Å². The molecule has 26 heavy (non-hydrogen) atoms. The van der Waals surface area contributed by atoms with Crippen molar-refractivity contribution in [3.8, 4) is 0 Å². The maximum atomic E-state index is 12.5. The van der Waals surface area contributed by atoms with Crippen LogP contribution in [0.5, 0.6) is 0 Å². The molecule has 144 valence electrons. The van der Waals surface area contributed by atoms with Crippen LogP contribution in [0.2, 0.25) is 0 Å². The van der Waals surface area contributed by atoms with Crippen LogP contribution in [-0.4, -0.2) is 47.9 Å². The fraction of sp³-hybridized carbons (Fsp3) is 0.762. The lowest BCUT2D eigenvalue weighted by atomic mass is 10.0. The fourth-order valence-electron chi connectivity index (χ4n) is 4.91. The van der Waals surface area contributed by atoms with Crippen LogP contribution in [0.4, 0.5) is 0 Å². The van der Waals surface area contributed by atoms with Crippen molar-refractivity contribution >= 4 is 17.2 Å². The molecule has 0 unspecified atom stereocenters. The van der Waals surface area contributed by atoms with E-state index < -0.39 is 0 Å². The summed E-state index contributed by atoms with van der Waals surface area (Å²) in [4.78, 5) is 20.0. The van der Waals surface area contributed by atoms with Crippen LogP contribution in [0, 0.1) is 5.92 Å². The molecule has 1 N–H and O–H groups in total. The van der Waals surface area contributed by atoms with Crippen LogP contribution in [-0.2, 0) is 13.1 Å². The Labute approximate surface area is 161 Å².